The molecule has 1 heterocycles. The van der Waals surface area contributed by atoms with E-state index in [1.165, 1.54) is 0 Å². The molecule has 0 bridgehead atoms. The maximum absolute atomic E-state index is 6.23. The van der Waals surface area contributed by atoms with Gasteiger partial charge >= 0.3 is 0 Å². The highest BCUT2D eigenvalue weighted by Crippen LogP contribution is 2.45. The maximum Gasteiger partial charge on any atom is 0.138 e. The summed E-state index contributed by atoms with van der Waals surface area (Å²) < 4.78 is 5.84. The highest BCUT2D eigenvalue weighted by Gasteiger charge is 2.42. The molecule has 0 radical (unpaired) electrons. The van der Waals surface area contributed by atoms with Crippen molar-refractivity contribution in [1.82, 2.24) is 4.98 Å². The molecule has 0 unspecified atom stereocenters. The quantitative estimate of drug-likeness (QED) is 0.773. The fourth-order valence-electron chi connectivity index (χ4n) is 2.23. The van der Waals surface area contributed by atoms with Gasteiger partial charge in [-0.1, -0.05) is 29.3 Å². The minimum absolute atomic E-state index is 0. The zero-order valence-corrected chi connectivity index (χ0v) is 15.4. The van der Waals surface area contributed by atoms with Crippen molar-refractivity contribution in [2.45, 2.75) is 12.8 Å². The number of nitrogens with zero attached hydrogens (tertiary/aromatic N) is 1. The first-order valence-electron chi connectivity index (χ1n) is 6.86. The zero-order valence-electron chi connectivity index (χ0n) is 12.3. The van der Waals surface area contributed by atoms with E-state index in [-0.39, 0.29) is 30.2 Å². The van der Waals surface area contributed by atoms with Crippen LogP contribution in [-0.2, 0) is 0 Å². The number of benzene rings is 1. The molecule has 1 aliphatic carbocycles. The van der Waals surface area contributed by atoms with E-state index in [4.69, 9.17) is 33.7 Å². The van der Waals surface area contributed by atoms with E-state index >= 15 is 0 Å². The smallest absolute Gasteiger partial charge is 0.138 e. The van der Waals surface area contributed by atoms with Crippen LogP contribution in [0.15, 0.2) is 36.7 Å². The van der Waals surface area contributed by atoms with Crippen LogP contribution in [0.3, 0.4) is 0 Å². The zero-order chi connectivity index (χ0) is 14.9. The van der Waals surface area contributed by atoms with Crippen LogP contribution in [0.4, 0.5) is 0 Å². The lowest BCUT2D eigenvalue weighted by Crippen LogP contribution is -2.22. The topological polar surface area (TPSA) is 48.1 Å². The van der Waals surface area contributed by atoms with E-state index in [9.17, 15) is 0 Å². The number of halogens is 4. The number of pyridine rings is 1. The van der Waals surface area contributed by atoms with Gasteiger partial charge in [-0.15, -0.1) is 24.8 Å². The SMILES string of the molecule is Cl.Cl.NCC1(COc2cncc(-c3c(Cl)cccc3Cl)c2)CC1. The molecule has 2 aromatic rings. The first-order chi connectivity index (χ1) is 10.1. The van der Waals surface area contributed by atoms with Crippen molar-refractivity contribution in [3.8, 4) is 16.9 Å². The molecule has 0 aliphatic heterocycles. The summed E-state index contributed by atoms with van der Waals surface area (Å²) in [6.07, 6.45) is 5.69. The molecule has 2 N–H and O–H groups in total. The van der Waals surface area contributed by atoms with Crippen molar-refractivity contribution >= 4 is 48.0 Å². The summed E-state index contributed by atoms with van der Waals surface area (Å²) in [5.41, 5.74) is 7.55. The second-order valence-corrected chi connectivity index (χ2v) is 6.31. The Morgan fingerprint density at radius 2 is 1.78 bits per heavy atom. The van der Waals surface area contributed by atoms with E-state index in [2.05, 4.69) is 4.98 Å². The molecule has 1 aromatic heterocycles. The highest BCUT2D eigenvalue weighted by atomic mass is 35.5. The molecule has 23 heavy (non-hydrogen) atoms. The fourth-order valence-corrected chi connectivity index (χ4v) is 2.84. The molecule has 126 valence electrons. The van der Waals surface area contributed by atoms with Gasteiger partial charge in [0.1, 0.15) is 5.75 Å². The van der Waals surface area contributed by atoms with Crippen LogP contribution in [0.5, 0.6) is 5.75 Å². The lowest BCUT2D eigenvalue weighted by Gasteiger charge is -2.14. The van der Waals surface area contributed by atoms with Crippen molar-refractivity contribution in [3.63, 3.8) is 0 Å². The second-order valence-electron chi connectivity index (χ2n) is 5.50. The van der Waals surface area contributed by atoms with Crippen molar-refractivity contribution in [1.29, 1.82) is 0 Å². The van der Waals surface area contributed by atoms with Gasteiger partial charge in [0.2, 0.25) is 0 Å². The molecule has 3 rings (SSSR count). The number of nitrogens with two attached hydrogens (primary N) is 1. The first-order valence-corrected chi connectivity index (χ1v) is 7.61. The highest BCUT2D eigenvalue weighted by molar-refractivity contribution is 6.39. The molecule has 0 amide bonds. The van der Waals surface area contributed by atoms with Crippen LogP contribution in [0, 0.1) is 5.41 Å². The lowest BCUT2D eigenvalue weighted by atomic mass is 10.1. The van der Waals surface area contributed by atoms with E-state index < -0.39 is 0 Å². The Morgan fingerprint density at radius 1 is 1.13 bits per heavy atom. The van der Waals surface area contributed by atoms with Gasteiger partial charge in [-0.25, -0.2) is 0 Å². The maximum atomic E-state index is 6.23. The van der Waals surface area contributed by atoms with E-state index in [0.29, 0.717) is 28.9 Å². The Morgan fingerprint density at radius 3 is 2.35 bits per heavy atom. The molecule has 3 nitrogen and oxygen atoms in total. The molecule has 1 aliphatic rings. The Kier molecular flexibility index (Phi) is 7.43. The van der Waals surface area contributed by atoms with Gasteiger partial charge in [0, 0.05) is 39.3 Å². The third kappa shape index (κ3) is 4.65. The van der Waals surface area contributed by atoms with E-state index in [1.54, 1.807) is 12.4 Å². The third-order valence-corrected chi connectivity index (χ3v) is 4.53. The van der Waals surface area contributed by atoms with Crippen LogP contribution < -0.4 is 10.5 Å². The number of aromatic nitrogens is 1. The van der Waals surface area contributed by atoms with Gasteiger partial charge in [0.05, 0.1) is 12.8 Å². The minimum Gasteiger partial charge on any atom is -0.491 e. The van der Waals surface area contributed by atoms with Gasteiger partial charge in [0.25, 0.3) is 0 Å². The van der Waals surface area contributed by atoms with Gasteiger partial charge in [-0.2, -0.15) is 0 Å². The van der Waals surface area contributed by atoms with Gasteiger partial charge in [0.15, 0.2) is 0 Å². The Labute approximate surface area is 158 Å². The van der Waals surface area contributed by atoms with E-state index in [1.807, 2.05) is 24.3 Å². The first kappa shape index (κ1) is 20.3. The monoisotopic (exact) mass is 394 g/mol. The minimum atomic E-state index is 0. The summed E-state index contributed by atoms with van der Waals surface area (Å²) in [5.74, 6) is 0.711. The largest absolute Gasteiger partial charge is 0.491 e. The molecule has 0 saturated heterocycles. The molecule has 0 spiro atoms. The normalized spacial score (nSPS) is 14.4. The summed E-state index contributed by atoms with van der Waals surface area (Å²) in [5, 5.41) is 1.20. The lowest BCUT2D eigenvalue weighted by molar-refractivity contribution is 0.238. The summed E-state index contributed by atoms with van der Waals surface area (Å²) in [6, 6.07) is 7.35. The average Bonchev–Trinajstić information content (AvgIpc) is 3.26. The molecule has 1 aromatic carbocycles. The van der Waals surface area contributed by atoms with Gasteiger partial charge < -0.3 is 10.5 Å². The van der Waals surface area contributed by atoms with Crippen LogP contribution >= 0.6 is 48.0 Å². The molecule has 0 atom stereocenters. The Balaban J connectivity index is 0.00000132. The predicted molar refractivity (Wildman–Crippen MR) is 100 cm³/mol. The van der Waals surface area contributed by atoms with Crippen molar-refractivity contribution in [2.75, 3.05) is 13.2 Å². The number of hydrogen-bond acceptors (Lipinski definition) is 3. The Bertz CT molecular complexity index is 642. The van der Waals surface area contributed by atoms with Crippen LogP contribution in [0.1, 0.15) is 12.8 Å². The average molecular weight is 396 g/mol. The molecular weight excluding hydrogens is 378 g/mol. The van der Waals surface area contributed by atoms with Crippen molar-refractivity contribution in [2.24, 2.45) is 11.1 Å². The summed E-state index contributed by atoms with van der Waals surface area (Å²) >= 11 is 12.5. The van der Waals surface area contributed by atoms with Crippen molar-refractivity contribution < 1.29 is 4.74 Å². The summed E-state index contributed by atoms with van der Waals surface area (Å²) in [4.78, 5) is 4.22. The number of rotatable bonds is 5. The Hall–Kier alpha value is -0.710. The molecule has 1 saturated carbocycles. The predicted octanol–water partition coefficient (Wildman–Crippen LogP) is 5.02. The van der Waals surface area contributed by atoms with Crippen molar-refractivity contribution in [3.05, 3.63) is 46.7 Å². The summed E-state index contributed by atoms with van der Waals surface area (Å²) in [6.45, 7) is 1.29. The van der Waals surface area contributed by atoms with E-state index in [0.717, 1.165) is 24.0 Å². The fraction of sp³-hybridized carbons (Fsp3) is 0.312. The number of hydrogen-bond donors (Lipinski definition) is 1. The summed E-state index contributed by atoms with van der Waals surface area (Å²) in [7, 11) is 0. The standard InChI is InChI=1S/C16H16Cl2N2O.2ClH/c17-13-2-1-3-14(18)15(13)11-6-12(8-20-7-11)21-10-16(9-19)4-5-16;;/h1-3,6-8H,4-5,9-10,19H2;2*1H. The van der Waals surface area contributed by atoms with Crippen LogP contribution in [-0.4, -0.2) is 18.1 Å². The second kappa shape index (κ2) is 8.41. The van der Waals surface area contributed by atoms with Crippen LogP contribution in [0.25, 0.3) is 11.1 Å². The third-order valence-electron chi connectivity index (χ3n) is 3.90. The van der Waals surface area contributed by atoms with Gasteiger partial charge in [-0.05, 0) is 31.0 Å². The van der Waals surface area contributed by atoms with Gasteiger partial charge in [-0.3, -0.25) is 4.98 Å². The molecular formula is C16H18Cl4N2O. The van der Waals surface area contributed by atoms with Crippen LogP contribution in [0.2, 0.25) is 10.0 Å². The number of ether oxygens (including phenoxy) is 1. The molecule has 1 fully saturated rings. The molecule has 7 heteroatoms.